The van der Waals surface area contributed by atoms with E-state index in [1.165, 1.54) is 19.1 Å². The van der Waals surface area contributed by atoms with E-state index in [0.717, 1.165) is 13.8 Å². The molecule has 1 saturated heterocycles. The van der Waals surface area contributed by atoms with Crippen molar-refractivity contribution in [2.24, 2.45) is 28.6 Å². The number of hydrogen-bond donors (Lipinski definition) is 3. The summed E-state index contributed by atoms with van der Waals surface area (Å²) in [5.74, 6) is -9.83. The number of ether oxygens (including phenoxy) is 5. The SMILES string of the molecule is CC(=O)O[C@H]1C(=O)[C@]2(C)C(=O)C[C@H]3OC[C@@]3(OC(C)=O)[C@H]2[C@H](OC(=O)c2ccccc2)[C@]2(O)C[C@H](OC(=O)[C@H](O)[C@@H](NC(=O)c3ccccc3)c3ccccc3)C(C)C1C2(C)C. The summed E-state index contributed by atoms with van der Waals surface area (Å²) in [4.78, 5) is 98.0. The van der Waals surface area contributed by atoms with Gasteiger partial charge in [-0.25, -0.2) is 9.59 Å². The zero-order valence-electron chi connectivity index (χ0n) is 35.3. The number of fused-ring (bicyclic) bond motifs is 5. The van der Waals surface area contributed by atoms with Crippen molar-refractivity contribution < 1.29 is 67.5 Å². The third kappa shape index (κ3) is 7.29. The van der Waals surface area contributed by atoms with E-state index in [1.54, 1.807) is 99.6 Å². The van der Waals surface area contributed by atoms with Crippen LogP contribution < -0.4 is 5.32 Å². The standard InChI is InChI=1S/C47H51NO14/c1-25-31(60-43(56)36(52)35(28-16-10-7-11-17-28)48-41(54)29-18-12-8-13-19-29)23-47(57)40(61-42(55)30-20-14-9-15-21-30)38-45(6,32(51)22-33-46(38,24-58-33)62-27(3)50)39(53)37(59-26(2)49)34(25)44(47,4)5/h7-21,25,31,33-38,40,52,57H,22-24H2,1-6H3,(H,48,54)/t25?,31-,33+,34?,35-,36+,37+,38-,40-,45+,46-,47+/m0/s1. The van der Waals surface area contributed by atoms with Crippen LogP contribution in [0.2, 0.25) is 0 Å². The molecule has 0 radical (unpaired) electrons. The first-order valence-corrected chi connectivity index (χ1v) is 20.6. The molecule has 3 aromatic carbocycles. The predicted molar refractivity (Wildman–Crippen MR) is 217 cm³/mol. The van der Waals surface area contributed by atoms with Crippen LogP contribution >= 0.6 is 0 Å². The van der Waals surface area contributed by atoms with E-state index in [2.05, 4.69) is 5.32 Å². The van der Waals surface area contributed by atoms with Gasteiger partial charge in [0.25, 0.3) is 5.91 Å². The number of aliphatic hydroxyl groups excluding tert-OH is 1. The Hall–Kier alpha value is -5.77. The van der Waals surface area contributed by atoms with Gasteiger partial charge in [0.1, 0.15) is 29.7 Å². The van der Waals surface area contributed by atoms with E-state index in [-0.39, 0.29) is 24.2 Å². The predicted octanol–water partition coefficient (Wildman–Crippen LogP) is 3.88. The summed E-state index contributed by atoms with van der Waals surface area (Å²) >= 11 is 0. The summed E-state index contributed by atoms with van der Waals surface area (Å²) in [5.41, 5.74) is -7.29. The Labute approximate surface area is 358 Å². The van der Waals surface area contributed by atoms with Gasteiger partial charge in [0.2, 0.25) is 0 Å². The van der Waals surface area contributed by atoms with Gasteiger partial charge in [0.15, 0.2) is 23.6 Å². The molecule has 1 aliphatic heterocycles. The topological polar surface area (TPSA) is 218 Å². The lowest BCUT2D eigenvalue weighted by Gasteiger charge is -2.67. The fraction of sp³-hybridized carbons (Fsp3) is 0.468. The minimum atomic E-state index is -2.37. The molecule has 3 saturated carbocycles. The molecular weight excluding hydrogens is 803 g/mol. The number of ketones is 2. The Balaban J connectivity index is 1.37. The van der Waals surface area contributed by atoms with E-state index < -0.39 is 124 Å². The third-order valence-corrected chi connectivity index (χ3v) is 13.8. The first kappa shape index (κ1) is 44.3. The number of rotatable bonds is 10. The van der Waals surface area contributed by atoms with Crippen LogP contribution in [0, 0.1) is 28.6 Å². The van der Waals surface area contributed by atoms with E-state index >= 15 is 4.79 Å². The van der Waals surface area contributed by atoms with Crippen LogP contribution in [0.15, 0.2) is 91.0 Å². The molecule has 62 heavy (non-hydrogen) atoms. The van der Waals surface area contributed by atoms with Crippen LogP contribution in [0.1, 0.15) is 86.7 Å². The number of benzene rings is 3. The Kier molecular flexibility index (Phi) is 11.8. The molecule has 0 aromatic heterocycles. The van der Waals surface area contributed by atoms with Crippen LogP contribution in [-0.4, -0.2) is 99.9 Å². The van der Waals surface area contributed by atoms with Crippen molar-refractivity contribution >= 4 is 41.4 Å². The van der Waals surface area contributed by atoms with E-state index in [4.69, 9.17) is 23.7 Å². The molecule has 3 aromatic rings. The lowest BCUT2D eigenvalue weighted by Crippen LogP contribution is -2.82. The number of nitrogens with one attached hydrogen (secondary N) is 1. The second-order valence-corrected chi connectivity index (χ2v) is 17.6. The number of aliphatic hydroxyl groups is 2. The molecule has 1 heterocycles. The maximum absolute atomic E-state index is 15.5. The summed E-state index contributed by atoms with van der Waals surface area (Å²) in [6, 6.07) is 22.9. The molecule has 4 fully saturated rings. The summed E-state index contributed by atoms with van der Waals surface area (Å²) in [6.45, 7) is 8.02. The zero-order chi connectivity index (χ0) is 44.9. The number of carbonyl (C=O) groups excluding carboxylic acids is 7. The quantitative estimate of drug-likeness (QED) is 0.150. The average molecular weight is 854 g/mol. The molecule has 2 unspecified atom stereocenters. The van der Waals surface area contributed by atoms with E-state index in [9.17, 15) is 39.0 Å². The number of hydrogen-bond acceptors (Lipinski definition) is 14. The molecule has 15 heteroatoms. The summed E-state index contributed by atoms with van der Waals surface area (Å²) in [6.07, 6.45) is -9.04. The lowest BCUT2D eigenvalue weighted by atomic mass is 9.42. The lowest BCUT2D eigenvalue weighted by molar-refractivity contribution is -0.335. The largest absolute Gasteiger partial charge is 0.460 e. The highest BCUT2D eigenvalue weighted by Gasteiger charge is 2.79. The van der Waals surface area contributed by atoms with Crippen molar-refractivity contribution in [3.05, 3.63) is 108 Å². The molecule has 2 bridgehead atoms. The summed E-state index contributed by atoms with van der Waals surface area (Å²) in [7, 11) is 0. The molecule has 15 nitrogen and oxygen atoms in total. The van der Waals surface area contributed by atoms with Gasteiger partial charge in [-0.15, -0.1) is 0 Å². The summed E-state index contributed by atoms with van der Waals surface area (Å²) in [5, 5.41) is 28.2. The Morgan fingerprint density at radius 3 is 1.94 bits per heavy atom. The second-order valence-electron chi connectivity index (χ2n) is 17.6. The number of esters is 4. The van der Waals surface area contributed by atoms with Crippen LogP contribution in [0.25, 0.3) is 0 Å². The van der Waals surface area contributed by atoms with E-state index in [0.29, 0.717) is 5.56 Å². The van der Waals surface area contributed by atoms with Crippen LogP contribution in [0.5, 0.6) is 0 Å². The minimum Gasteiger partial charge on any atom is -0.460 e. The van der Waals surface area contributed by atoms with Crippen LogP contribution in [-0.2, 0) is 47.7 Å². The fourth-order valence-corrected chi connectivity index (χ4v) is 10.6. The molecule has 12 atom stereocenters. The molecular formula is C47H51NO14. The Bertz CT molecular complexity index is 2250. The van der Waals surface area contributed by atoms with Gasteiger partial charge in [-0.05, 0) is 36.8 Å². The first-order valence-electron chi connectivity index (χ1n) is 20.6. The smallest absolute Gasteiger partial charge is 0.338 e. The minimum absolute atomic E-state index is 0.0585. The second kappa shape index (κ2) is 16.5. The van der Waals surface area contributed by atoms with Gasteiger partial charge in [0.05, 0.1) is 29.5 Å². The molecule has 1 amide bonds. The number of Topliss-reactive ketones (excluding diaryl/α,β-unsaturated/α-hetero) is 2. The van der Waals surface area contributed by atoms with Crippen molar-refractivity contribution in [3.8, 4) is 0 Å². The normalized spacial score (nSPS) is 33.0. The Morgan fingerprint density at radius 2 is 1.39 bits per heavy atom. The monoisotopic (exact) mass is 853 g/mol. The van der Waals surface area contributed by atoms with Crippen molar-refractivity contribution in [1.82, 2.24) is 5.32 Å². The van der Waals surface area contributed by atoms with Crippen LogP contribution in [0.4, 0.5) is 0 Å². The first-order chi connectivity index (χ1) is 29.3. The highest BCUT2D eigenvalue weighted by Crippen LogP contribution is 2.64. The van der Waals surface area contributed by atoms with Gasteiger partial charge >= 0.3 is 23.9 Å². The highest BCUT2D eigenvalue weighted by molar-refractivity contribution is 6.11. The summed E-state index contributed by atoms with van der Waals surface area (Å²) < 4.78 is 30.2. The molecule has 4 aliphatic rings. The maximum atomic E-state index is 15.5. The van der Waals surface area contributed by atoms with Gasteiger partial charge < -0.3 is 39.2 Å². The molecule has 3 N–H and O–H groups in total. The van der Waals surface area contributed by atoms with Crippen molar-refractivity contribution in [2.45, 2.75) is 102 Å². The average Bonchev–Trinajstić information content (AvgIpc) is 3.24. The van der Waals surface area contributed by atoms with Gasteiger partial charge in [-0.1, -0.05) is 87.5 Å². The third-order valence-electron chi connectivity index (χ3n) is 13.8. The van der Waals surface area contributed by atoms with Gasteiger partial charge in [-0.2, -0.15) is 0 Å². The molecule has 0 spiro atoms. The molecule has 7 rings (SSSR count). The van der Waals surface area contributed by atoms with Crippen LogP contribution in [0.3, 0.4) is 0 Å². The van der Waals surface area contributed by atoms with Crippen molar-refractivity contribution in [3.63, 3.8) is 0 Å². The van der Waals surface area contributed by atoms with E-state index in [1.807, 2.05) is 0 Å². The van der Waals surface area contributed by atoms with Crippen molar-refractivity contribution in [1.29, 1.82) is 0 Å². The van der Waals surface area contributed by atoms with Gasteiger partial charge in [0, 0.05) is 49.5 Å². The number of carbonyl (C=O) groups is 7. The molecule has 3 aliphatic carbocycles. The maximum Gasteiger partial charge on any atom is 0.338 e. The number of amides is 1. The van der Waals surface area contributed by atoms with Gasteiger partial charge in [-0.3, -0.25) is 24.0 Å². The Morgan fingerprint density at radius 1 is 0.806 bits per heavy atom. The fourth-order valence-electron chi connectivity index (χ4n) is 10.6. The zero-order valence-corrected chi connectivity index (χ0v) is 35.3. The highest BCUT2D eigenvalue weighted by atomic mass is 16.6. The molecule has 328 valence electrons. The van der Waals surface area contributed by atoms with Crippen molar-refractivity contribution in [2.75, 3.05) is 6.61 Å².